The van der Waals surface area contributed by atoms with Crippen LogP contribution in [0.15, 0.2) is 24.4 Å². The average molecular weight is 193 g/mol. The Kier molecular flexibility index (Phi) is 3.49. The predicted molar refractivity (Wildman–Crippen MR) is 55.2 cm³/mol. The summed E-state index contributed by atoms with van der Waals surface area (Å²) in [5.74, 6) is 0. The molecule has 0 radical (unpaired) electrons. The molecule has 0 aromatic carbocycles. The van der Waals surface area contributed by atoms with E-state index < -0.39 is 0 Å². The van der Waals surface area contributed by atoms with Crippen LogP contribution in [-0.4, -0.2) is 37.7 Å². The van der Waals surface area contributed by atoms with Gasteiger partial charge >= 0.3 is 0 Å². The molecule has 2 rings (SSSR count). The van der Waals surface area contributed by atoms with Crippen molar-refractivity contribution in [3.05, 3.63) is 30.1 Å². The number of pyridine rings is 1. The number of piperazine rings is 1. The van der Waals surface area contributed by atoms with E-state index in [9.17, 15) is 0 Å². The molecule has 1 aromatic heterocycles. The van der Waals surface area contributed by atoms with Crippen molar-refractivity contribution in [3.8, 4) is 0 Å². The van der Waals surface area contributed by atoms with Gasteiger partial charge in [0.15, 0.2) is 0 Å². The molecule has 0 unspecified atom stereocenters. The van der Waals surface area contributed by atoms with Crippen LogP contribution < -0.4 is 10.2 Å². The Bertz CT molecular complexity index is 254. The molecule has 3 nitrogen and oxygen atoms in total. The second-order valence-electron chi connectivity index (χ2n) is 3.94. The SMILES string of the molecule is c1ccc(CC[NH+]2CC[NH2+]CC2)nc1. The van der Waals surface area contributed by atoms with Gasteiger partial charge < -0.3 is 10.2 Å². The summed E-state index contributed by atoms with van der Waals surface area (Å²) in [6, 6.07) is 6.17. The summed E-state index contributed by atoms with van der Waals surface area (Å²) in [5.41, 5.74) is 1.23. The molecule has 1 aliphatic rings. The van der Waals surface area contributed by atoms with Crippen LogP contribution in [0.25, 0.3) is 0 Å². The van der Waals surface area contributed by atoms with Gasteiger partial charge in [-0.25, -0.2) is 0 Å². The van der Waals surface area contributed by atoms with Crippen molar-refractivity contribution >= 4 is 0 Å². The van der Waals surface area contributed by atoms with Gasteiger partial charge in [0.1, 0.15) is 26.2 Å². The van der Waals surface area contributed by atoms with Crippen LogP contribution >= 0.6 is 0 Å². The van der Waals surface area contributed by atoms with Gasteiger partial charge in [-0.3, -0.25) is 4.98 Å². The number of quaternary nitrogens is 2. The number of rotatable bonds is 3. The van der Waals surface area contributed by atoms with E-state index in [1.54, 1.807) is 4.90 Å². The lowest BCUT2D eigenvalue weighted by molar-refractivity contribution is -0.946. The Morgan fingerprint density at radius 1 is 1.29 bits per heavy atom. The van der Waals surface area contributed by atoms with Gasteiger partial charge in [-0.1, -0.05) is 6.07 Å². The standard InChI is InChI=1S/C11H17N3/c1-2-5-13-11(3-1)4-8-14-9-6-12-7-10-14/h1-3,5,12H,4,6-10H2/p+2. The zero-order chi connectivity index (χ0) is 9.64. The summed E-state index contributed by atoms with van der Waals surface area (Å²) in [4.78, 5) is 6.08. The fourth-order valence-electron chi connectivity index (χ4n) is 1.98. The van der Waals surface area contributed by atoms with Crippen molar-refractivity contribution in [2.45, 2.75) is 6.42 Å². The maximum Gasteiger partial charge on any atom is 0.127 e. The minimum absolute atomic E-state index is 1.12. The molecular formula is C11H19N3+2. The number of hydrogen-bond donors (Lipinski definition) is 2. The van der Waals surface area contributed by atoms with E-state index in [2.05, 4.69) is 22.4 Å². The van der Waals surface area contributed by atoms with Gasteiger partial charge in [-0.2, -0.15) is 0 Å². The lowest BCUT2D eigenvalue weighted by atomic mass is 10.2. The lowest BCUT2D eigenvalue weighted by Crippen LogP contribution is -3.20. The van der Waals surface area contributed by atoms with E-state index in [0.717, 1.165) is 6.42 Å². The smallest absolute Gasteiger partial charge is 0.127 e. The van der Waals surface area contributed by atoms with Gasteiger partial charge in [0.25, 0.3) is 0 Å². The predicted octanol–water partition coefficient (Wildman–Crippen LogP) is -1.91. The molecule has 1 aromatic rings. The molecule has 1 saturated heterocycles. The molecule has 0 saturated carbocycles. The number of nitrogens with one attached hydrogen (secondary N) is 1. The third kappa shape index (κ3) is 2.79. The number of nitrogens with two attached hydrogens (primary N) is 1. The summed E-state index contributed by atoms with van der Waals surface area (Å²) in [5, 5.41) is 2.41. The Morgan fingerprint density at radius 2 is 2.14 bits per heavy atom. The Labute approximate surface area is 85.1 Å². The van der Waals surface area contributed by atoms with Gasteiger partial charge in [0, 0.05) is 18.3 Å². The second-order valence-corrected chi connectivity index (χ2v) is 3.94. The van der Waals surface area contributed by atoms with E-state index in [1.165, 1.54) is 38.4 Å². The Balaban J connectivity index is 1.76. The zero-order valence-corrected chi connectivity index (χ0v) is 8.58. The maximum atomic E-state index is 4.34. The van der Waals surface area contributed by atoms with Crippen LogP contribution in [-0.2, 0) is 6.42 Å². The summed E-state index contributed by atoms with van der Waals surface area (Å²) in [7, 11) is 0. The van der Waals surface area contributed by atoms with Crippen LogP contribution in [0.3, 0.4) is 0 Å². The van der Waals surface area contributed by atoms with E-state index in [1.807, 2.05) is 12.3 Å². The van der Waals surface area contributed by atoms with Crippen molar-refractivity contribution in [1.29, 1.82) is 0 Å². The van der Waals surface area contributed by atoms with Crippen molar-refractivity contribution in [3.63, 3.8) is 0 Å². The van der Waals surface area contributed by atoms with Crippen LogP contribution in [0, 0.1) is 0 Å². The van der Waals surface area contributed by atoms with Gasteiger partial charge in [0.2, 0.25) is 0 Å². The summed E-state index contributed by atoms with van der Waals surface area (Å²) in [6.07, 6.45) is 3.00. The molecule has 0 amide bonds. The molecule has 1 aliphatic heterocycles. The van der Waals surface area contributed by atoms with Crippen LogP contribution in [0.2, 0.25) is 0 Å². The van der Waals surface area contributed by atoms with E-state index in [4.69, 9.17) is 0 Å². The maximum absolute atomic E-state index is 4.34. The van der Waals surface area contributed by atoms with E-state index in [-0.39, 0.29) is 0 Å². The first-order valence-corrected chi connectivity index (χ1v) is 5.50. The van der Waals surface area contributed by atoms with Crippen molar-refractivity contribution < 1.29 is 10.2 Å². The molecule has 3 N–H and O–H groups in total. The highest BCUT2D eigenvalue weighted by Gasteiger charge is 2.14. The summed E-state index contributed by atoms with van der Waals surface area (Å²) >= 11 is 0. The van der Waals surface area contributed by atoms with E-state index in [0.29, 0.717) is 0 Å². The normalized spacial score (nSPS) is 18.3. The highest BCUT2D eigenvalue weighted by atomic mass is 15.2. The van der Waals surface area contributed by atoms with Crippen LogP contribution in [0.5, 0.6) is 0 Å². The molecular weight excluding hydrogens is 174 g/mol. The Morgan fingerprint density at radius 3 is 2.86 bits per heavy atom. The molecule has 0 bridgehead atoms. The third-order valence-corrected chi connectivity index (χ3v) is 2.86. The summed E-state index contributed by atoms with van der Waals surface area (Å²) in [6.45, 7) is 6.44. The topological polar surface area (TPSA) is 33.9 Å². The minimum Gasteiger partial charge on any atom is -0.337 e. The van der Waals surface area contributed by atoms with Crippen LogP contribution in [0.4, 0.5) is 0 Å². The van der Waals surface area contributed by atoms with Crippen molar-refractivity contribution in [2.75, 3.05) is 32.7 Å². The van der Waals surface area contributed by atoms with Gasteiger partial charge in [0.05, 0.1) is 6.54 Å². The van der Waals surface area contributed by atoms with Crippen molar-refractivity contribution in [1.82, 2.24) is 4.98 Å². The van der Waals surface area contributed by atoms with Crippen LogP contribution in [0.1, 0.15) is 5.69 Å². The number of nitrogens with zero attached hydrogens (tertiary/aromatic N) is 1. The minimum atomic E-state index is 1.12. The molecule has 0 aliphatic carbocycles. The quantitative estimate of drug-likeness (QED) is 0.577. The first-order chi connectivity index (χ1) is 6.95. The highest BCUT2D eigenvalue weighted by Crippen LogP contribution is 1.91. The number of hydrogen-bond acceptors (Lipinski definition) is 1. The fraction of sp³-hybridized carbons (Fsp3) is 0.545. The molecule has 1 fully saturated rings. The Hall–Kier alpha value is -0.930. The highest BCUT2D eigenvalue weighted by molar-refractivity contribution is 5.03. The van der Waals surface area contributed by atoms with Gasteiger partial charge in [-0.05, 0) is 12.1 Å². The molecule has 0 atom stereocenters. The molecule has 14 heavy (non-hydrogen) atoms. The molecule has 2 heterocycles. The molecule has 0 spiro atoms. The third-order valence-electron chi connectivity index (χ3n) is 2.86. The fourth-order valence-corrected chi connectivity index (χ4v) is 1.98. The second kappa shape index (κ2) is 5.08. The molecule has 3 heteroatoms. The van der Waals surface area contributed by atoms with Gasteiger partial charge in [-0.15, -0.1) is 0 Å². The first kappa shape index (κ1) is 9.62. The molecule has 76 valence electrons. The number of aromatic nitrogens is 1. The lowest BCUT2D eigenvalue weighted by Gasteiger charge is -2.21. The summed E-state index contributed by atoms with van der Waals surface area (Å²) < 4.78 is 0. The van der Waals surface area contributed by atoms with E-state index >= 15 is 0 Å². The average Bonchev–Trinajstić information content (AvgIpc) is 2.29. The largest absolute Gasteiger partial charge is 0.337 e. The van der Waals surface area contributed by atoms with Crippen molar-refractivity contribution in [2.24, 2.45) is 0 Å². The first-order valence-electron chi connectivity index (χ1n) is 5.50. The monoisotopic (exact) mass is 193 g/mol. The zero-order valence-electron chi connectivity index (χ0n) is 8.58.